The molecule has 0 aromatic rings. The molecule has 0 unspecified atom stereocenters. The van der Waals surface area contributed by atoms with Crippen LogP contribution in [0.3, 0.4) is 0 Å². The first-order chi connectivity index (χ1) is 10.1. The molecule has 0 saturated carbocycles. The number of carbonyl (C=O) groups is 3. The number of thioether (sulfide) groups is 1. The summed E-state index contributed by atoms with van der Waals surface area (Å²) in [5, 5.41) is 13.4. The molecular formula is C13H23N3O4S. The Morgan fingerprint density at radius 1 is 1.10 bits per heavy atom. The van der Waals surface area contributed by atoms with Gasteiger partial charge in [-0.2, -0.15) is 11.8 Å². The summed E-state index contributed by atoms with van der Waals surface area (Å²) in [7, 11) is 0. The van der Waals surface area contributed by atoms with E-state index >= 15 is 0 Å². The van der Waals surface area contributed by atoms with Crippen LogP contribution in [-0.4, -0.2) is 65.6 Å². The molecule has 1 aliphatic heterocycles. The molecule has 1 fully saturated rings. The summed E-state index contributed by atoms with van der Waals surface area (Å²) in [6, 6.07) is -0.482. The van der Waals surface area contributed by atoms with E-state index in [9.17, 15) is 14.4 Å². The number of nitrogens with one attached hydrogen (secondary N) is 2. The predicted molar refractivity (Wildman–Crippen MR) is 81.4 cm³/mol. The van der Waals surface area contributed by atoms with Gasteiger partial charge in [-0.05, 0) is 12.8 Å². The lowest BCUT2D eigenvalue weighted by atomic mass is 10.2. The Balaban J connectivity index is 2.01. The first-order valence-electron chi connectivity index (χ1n) is 7.17. The molecule has 7 nitrogen and oxygen atoms in total. The minimum Gasteiger partial charge on any atom is -0.481 e. The van der Waals surface area contributed by atoms with E-state index in [2.05, 4.69) is 15.5 Å². The van der Waals surface area contributed by atoms with Crippen molar-refractivity contribution in [2.45, 2.75) is 25.7 Å². The van der Waals surface area contributed by atoms with E-state index in [1.165, 1.54) is 0 Å². The minimum atomic E-state index is -0.871. The Morgan fingerprint density at radius 2 is 1.76 bits per heavy atom. The lowest BCUT2D eigenvalue weighted by molar-refractivity contribution is -0.137. The zero-order valence-corrected chi connectivity index (χ0v) is 12.9. The summed E-state index contributed by atoms with van der Waals surface area (Å²) in [5.41, 5.74) is 0. The van der Waals surface area contributed by atoms with Gasteiger partial charge in [0.1, 0.15) is 0 Å². The highest BCUT2D eigenvalue weighted by molar-refractivity contribution is 7.99. The van der Waals surface area contributed by atoms with Gasteiger partial charge in [0.25, 0.3) is 0 Å². The number of rotatable bonds is 8. The van der Waals surface area contributed by atoms with E-state index < -0.39 is 12.0 Å². The van der Waals surface area contributed by atoms with Crippen LogP contribution in [0.25, 0.3) is 0 Å². The zero-order chi connectivity index (χ0) is 15.5. The summed E-state index contributed by atoms with van der Waals surface area (Å²) in [4.78, 5) is 35.5. The number of aliphatic carboxylic acids is 1. The number of carboxylic acids is 1. The molecule has 1 rings (SSSR count). The third-order valence-corrected chi connectivity index (χ3v) is 4.06. The van der Waals surface area contributed by atoms with Crippen molar-refractivity contribution < 1.29 is 19.5 Å². The largest absolute Gasteiger partial charge is 0.481 e. The Bertz CT molecular complexity index is 359. The van der Waals surface area contributed by atoms with Gasteiger partial charge < -0.3 is 10.4 Å². The molecule has 21 heavy (non-hydrogen) atoms. The van der Waals surface area contributed by atoms with E-state index in [4.69, 9.17) is 5.11 Å². The van der Waals surface area contributed by atoms with Gasteiger partial charge in [0.15, 0.2) is 0 Å². The highest BCUT2D eigenvalue weighted by Gasteiger charge is 2.11. The van der Waals surface area contributed by atoms with Crippen LogP contribution in [0.5, 0.6) is 0 Å². The Morgan fingerprint density at radius 3 is 2.43 bits per heavy atom. The lowest BCUT2D eigenvalue weighted by Crippen LogP contribution is -2.44. The number of hydrogen-bond donors (Lipinski definition) is 3. The highest BCUT2D eigenvalue weighted by Crippen LogP contribution is 2.07. The number of nitrogens with zero attached hydrogens (tertiary/aromatic N) is 1. The molecule has 0 aromatic carbocycles. The van der Waals surface area contributed by atoms with Gasteiger partial charge in [-0.25, -0.2) is 4.79 Å². The molecule has 0 radical (unpaired) electrons. The first kappa shape index (κ1) is 17.8. The molecular weight excluding hydrogens is 294 g/mol. The second kappa shape index (κ2) is 10.4. The standard InChI is InChI=1S/C13H23N3O4S/c17-11(3-1-2-4-12(18)19)15-13(20)14-5-6-16-7-9-21-10-8-16/h1-10H2,(H,18,19)(H2,14,15,17,20). The first-order valence-corrected chi connectivity index (χ1v) is 8.33. The van der Waals surface area contributed by atoms with Crippen molar-refractivity contribution in [1.82, 2.24) is 15.5 Å². The van der Waals surface area contributed by atoms with Crippen LogP contribution in [0.4, 0.5) is 4.79 Å². The summed E-state index contributed by atoms with van der Waals surface area (Å²) < 4.78 is 0. The van der Waals surface area contributed by atoms with Gasteiger partial charge in [0.2, 0.25) is 5.91 Å². The minimum absolute atomic E-state index is 0.0492. The van der Waals surface area contributed by atoms with Gasteiger partial charge >= 0.3 is 12.0 Å². The second-order valence-electron chi connectivity index (χ2n) is 4.86. The van der Waals surface area contributed by atoms with Crippen molar-refractivity contribution in [3.05, 3.63) is 0 Å². The van der Waals surface area contributed by atoms with E-state index in [-0.39, 0.29) is 18.7 Å². The van der Waals surface area contributed by atoms with E-state index in [0.29, 0.717) is 19.4 Å². The number of hydrogen-bond acceptors (Lipinski definition) is 5. The van der Waals surface area contributed by atoms with Crippen LogP contribution < -0.4 is 10.6 Å². The number of imide groups is 1. The maximum atomic E-state index is 11.5. The summed E-state index contributed by atoms with van der Waals surface area (Å²) in [6.07, 6.45) is 1.13. The van der Waals surface area contributed by atoms with Gasteiger partial charge in [-0.3, -0.25) is 19.8 Å². The number of unbranched alkanes of at least 4 members (excludes halogenated alkanes) is 1. The molecule has 0 aromatic heterocycles. The number of urea groups is 1. The summed E-state index contributed by atoms with van der Waals surface area (Å²) in [6.45, 7) is 3.39. The fourth-order valence-electron chi connectivity index (χ4n) is 1.95. The number of amides is 3. The third kappa shape index (κ3) is 9.30. The topological polar surface area (TPSA) is 98.7 Å². The molecule has 8 heteroatoms. The van der Waals surface area contributed by atoms with Crippen molar-refractivity contribution in [3.63, 3.8) is 0 Å². The van der Waals surface area contributed by atoms with Crippen molar-refractivity contribution in [2.24, 2.45) is 0 Å². The van der Waals surface area contributed by atoms with Gasteiger partial charge in [0, 0.05) is 50.5 Å². The molecule has 1 aliphatic rings. The maximum Gasteiger partial charge on any atom is 0.321 e. The molecule has 0 spiro atoms. The summed E-state index contributed by atoms with van der Waals surface area (Å²) >= 11 is 1.94. The SMILES string of the molecule is O=C(O)CCCCC(=O)NC(=O)NCCN1CCSCC1. The van der Waals surface area contributed by atoms with Gasteiger partial charge in [-0.1, -0.05) is 0 Å². The van der Waals surface area contributed by atoms with Crippen molar-refractivity contribution in [2.75, 3.05) is 37.7 Å². The second-order valence-corrected chi connectivity index (χ2v) is 6.08. The lowest BCUT2D eigenvalue weighted by Gasteiger charge is -2.25. The average Bonchev–Trinajstić information content (AvgIpc) is 2.44. The molecule has 120 valence electrons. The third-order valence-electron chi connectivity index (χ3n) is 3.11. The normalized spacial score (nSPS) is 15.4. The molecule has 3 amide bonds. The monoisotopic (exact) mass is 317 g/mol. The summed E-state index contributed by atoms with van der Waals surface area (Å²) in [5.74, 6) is 1.01. The van der Waals surface area contributed by atoms with Crippen LogP contribution >= 0.6 is 11.8 Å². The van der Waals surface area contributed by atoms with Crippen LogP contribution in [0, 0.1) is 0 Å². The smallest absolute Gasteiger partial charge is 0.321 e. The Hall–Kier alpha value is -1.28. The molecule has 1 saturated heterocycles. The van der Waals surface area contributed by atoms with Crippen LogP contribution in [0.15, 0.2) is 0 Å². The van der Waals surface area contributed by atoms with E-state index in [1.54, 1.807) is 0 Å². The maximum absolute atomic E-state index is 11.5. The van der Waals surface area contributed by atoms with Crippen molar-refractivity contribution >= 4 is 29.7 Å². The molecule has 0 atom stereocenters. The fraction of sp³-hybridized carbons (Fsp3) is 0.769. The Kier molecular flexibility index (Phi) is 8.84. The molecule has 1 heterocycles. The number of carboxylic acid groups (broad SMARTS) is 1. The average molecular weight is 317 g/mol. The zero-order valence-electron chi connectivity index (χ0n) is 12.1. The highest BCUT2D eigenvalue weighted by atomic mass is 32.2. The van der Waals surface area contributed by atoms with Crippen LogP contribution in [0.2, 0.25) is 0 Å². The van der Waals surface area contributed by atoms with Crippen molar-refractivity contribution in [1.29, 1.82) is 0 Å². The Labute approximate surface area is 128 Å². The quantitative estimate of drug-likeness (QED) is 0.564. The van der Waals surface area contributed by atoms with Crippen LogP contribution in [0.1, 0.15) is 25.7 Å². The van der Waals surface area contributed by atoms with E-state index in [1.807, 2.05) is 11.8 Å². The van der Waals surface area contributed by atoms with Gasteiger partial charge in [0.05, 0.1) is 0 Å². The van der Waals surface area contributed by atoms with Crippen molar-refractivity contribution in [3.8, 4) is 0 Å². The predicted octanol–water partition coefficient (Wildman–Crippen LogP) is 0.506. The molecule has 0 aliphatic carbocycles. The number of carbonyl (C=O) groups excluding carboxylic acids is 2. The van der Waals surface area contributed by atoms with E-state index in [0.717, 1.165) is 31.1 Å². The fourth-order valence-corrected chi connectivity index (χ4v) is 2.93. The molecule has 0 bridgehead atoms. The molecule has 3 N–H and O–H groups in total. The van der Waals surface area contributed by atoms with Gasteiger partial charge in [-0.15, -0.1) is 0 Å². The van der Waals surface area contributed by atoms with Crippen LogP contribution in [-0.2, 0) is 9.59 Å².